The van der Waals surface area contributed by atoms with Crippen LogP contribution in [0.5, 0.6) is 0 Å². The highest BCUT2D eigenvalue weighted by molar-refractivity contribution is 7.26. The van der Waals surface area contributed by atoms with Crippen LogP contribution in [-0.2, 0) is 0 Å². The lowest BCUT2D eigenvalue weighted by molar-refractivity contribution is 1.18. The number of aromatic nitrogens is 2. The second-order valence-electron chi connectivity index (χ2n) is 15.6. The zero-order chi connectivity index (χ0) is 38.8. The molecular formula is C55H32N2OS. The molecule has 4 heterocycles. The van der Waals surface area contributed by atoms with E-state index >= 15 is 0 Å². The summed E-state index contributed by atoms with van der Waals surface area (Å²) in [5.74, 6) is 0. The van der Waals surface area contributed by atoms with Crippen LogP contribution in [0, 0.1) is 0 Å². The van der Waals surface area contributed by atoms with Gasteiger partial charge in [-0.15, -0.1) is 11.3 Å². The van der Waals surface area contributed by atoms with E-state index in [1.807, 2.05) is 33.9 Å². The summed E-state index contributed by atoms with van der Waals surface area (Å²) in [4.78, 5) is 14.0. The molecule has 274 valence electrons. The fraction of sp³-hybridized carbons (Fsp3) is 0. The lowest BCUT2D eigenvalue weighted by Crippen LogP contribution is -2.12. The van der Waals surface area contributed by atoms with Crippen LogP contribution in [0.1, 0.15) is 0 Å². The summed E-state index contributed by atoms with van der Waals surface area (Å²) in [6.45, 7) is 0. The van der Waals surface area contributed by atoms with Crippen molar-refractivity contribution < 1.29 is 0 Å². The number of rotatable bonds is 4. The highest BCUT2D eigenvalue weighted by Gasteiger charge is 2.21. The third-order valence-corrected chi connectivity index (χ3v) is 13.7. The second-order valence-corrected chi connectivity index (χ2v) is 16.6. The minimum atomic E-state index is 0.0246. The van der Waals surface area contributed by atoms with Gasteiger partial charge in [-0.2, -0.15) is 0 Å². The van der Waals surface area contributed by atoms with Crippen LogP contribution in [0.3, 0.4) is 0 Å². The molecule has 9 aromatic carbocycles. The molecule has 0 amide bonds. The fourth-order valence-corrected chi connectivity index (χ4v) is 11.1. The van der Waals surface area contributed by atoms with Crippen LogP contribution in [0.15, 0.2) is 199 Å². The number of nitrogens with zero attached hydrogens (tertiary/aromatic N) is 2. The predicted molar refractivity (Wildman–Crippen MR) is 251 cm³/mol. The van der Waals surface area contributed by atoms with E-state index in [1.54, 1.807) is 0 Å². The van der Waals surface area contributed by atoms with Crippen LogP contribution in [0.25, 0.3) is 119 Å². The van der Waals surface area contributed by atoms with Crippen LogP contribution in [-0.4, -0.2) is 8.97 Å². The summed E-state index contributed by atoms with van der Waals surface area (Å²) in [6, 6.07) is 69.8. The fourth-order valence-electron chi connectivity index (χ4n) is 9.83. The van der Waals surface area contributed by atoms with Crippen LogP contribution < -0.4 is 5.56 Å². The molecule has 0 atom stereocenters. The Kier molecular flexibility index (Phi) is 6.75. The Morgan fingerprint density at radius 1 is 0.356 bits per heavy atom. The predicted octanol–water partition coefficient (Wildman–Crippen LogP) is 14.7. The average molecular weight is 769 g/mol. The molecule has 0 bridgehead atoms. The molecule has 13 rings (SSSR count). The molecule has 0 aliphatic carbocycles. The number of pyridine rings is 1. The molecule has 59 heavy (non-hydrogen) atoms. The summed E-state index contributed by atoms with van der Waals surface area (Å²) in [5, 5.41) is 10.1. The van der Waals surface area contributed by atoms with E-state index < -0.39 is 0 Å². The number of thiophene rings is 1. The first-order valence-electron chi connectivity index (χ1n) is 20.0. The van der Waals surface area contributed by atoms with Crippen molar-refractivity contribution in [3.63, 3.8) is 0 Å². The summed E-state index contributed by atoms with van der Waals surface area (Å²) in [6.07, 6.45) is 0. The van der Waals surface area contributed by atoms with E-state index in [2.05, 4.69) is 180 Å². The zero-order valence-electron chi connectivity index (χ0n) is 31.7. The molecule has 0 fully saturated rings. The first-order valence-corrected chi connectivity index (χ1v) is 20.9. The summed E-state index contributed by atoms with van der Waals surface area (Å²) < 4.78 is 7.01. The Morgan fingerprint density at radius 3 is 1.83 bits per heavy atom. The van der Waals surface area contributed by atoms with Crippen molar-refractivity contribution in [3.8, 4) is 39.1 Å². The van der Waals surface area contributed by atoms with Crippen LogP contribution >= 0.6 is 11.3 Å². The van der Waals surface area contributed by atoms with Crippen molar-refractivity contribution in [3.05, 3.63) is 204 Å². The average Bonchev–Trinajstić information content (AvgIpc) is 3.96. The number of hydrogen-bond acceptors (Lipinski definition) is 2. The maximum absolute atomic E-state index is 14.0. The highest BCUT2D eigenvalue weighted by Crippen LogP contribution is 2.44. The van der Waals surface area contributed by atoms with E-state index in [4.69, 9.17) is 0 Å². The number of benzene rings is 9. The molecule has 4 heteroatoms. The molecule has 0 saturated carbocycles. The molecule has 0 unspecified atom stereocenters. The molecule has 0 radical (unpaired) electrons. The number of para-hydroxylation sites is 2. The number of hydrogen-bond donors (Lipinski definition) is 0. The second kappa shape index (κ2) is 12.2. The molecule has 0 aliphatic rings. The van der Waals surface area contributed by atoms with E-state index in [1.165, 1.54) is 42.1 Å². The van der Waals surface area contributed by atoms with E-state index in [0.29, 0.717) is 0 Å². The standard InChI is InChI=1S/C55H32N2OS/c58-55-45-17-5-4-14-39(45)42-19-11-20-43-47-30-34(25-28-50(47)57(55)53(42)43)35-24-27-37(33-12-2-1-3-13-33)51(32-35)56-48-22-8-6-15-40(48)46-31-36(26-29-49(46)56)38-18-10-21-44-41-16-7-9-23-52(41)59-54(38)44/h1-32H. The van der Waals surface area contributed by atoms with Gasteiger partial charge in [-0.3, -0.25) is 9.20 Å². The van der Waals surface area contributed by atoms with Gasteiger partial charge in [-0.1, -0.05) is 146 Å². The Labute approximate surface area is 342 Å². The van der Waals surface area contributed by atoms with Crippen molar-refractivity contribution in [1.82, 2.24) is 8.97 Å². The van der Waals surface area contributed by atoms with Gasteiger partial charge in [0.25, 0.3) is 5.56 Å². The maximum Gasteiger partial charge on any atom is 0.263 e. The summed E-state index contributed by atoms with van der Waals surface area (Å²) in [7, 11) is 0. The van der Waals surface area contributed by atoms with Gasteiger partial charge in [-0.25, -0.2) is 0 Å². The largest absolute Gasteiger partial charge is 0.309 e. The molecule has 0 aliphatic heterocycles. The SMILES string of the molecule is O=c1c2ccccc2c2cccc3c4cc(-c5ccc(-c6ccccc6)c(-n6c7ccccc7c7cc(-c8cccc9c8sc8ccccc89)ccc76)c5)ccc4n1c23. The lowest BCUT2D eigenvalue weighted by atomic mass is 9.96. The van der Waals surface area contributed by atoms with Crippen molar-refractivity contribution in [1.29, 1.82) is 0 Å². The molecule has 0 spiro atoms. The molecular weight excluding hydrogens is 737 g/mol. The minimum Gasteiger partial charge on any atom is -0.309 e. The lowest BCUT2D eigenvalue weighted by Gasteiger charge is -2.16. The smallest absolute Gasteiger partial charge is 0.263 e. The van der Waals surface area contributed by atoms with Crippen LogP contribution in [0.2, 0.25) is 0 Å². The van der Waals surface area contributed by atoms with Crippen molar-refractivity contribution in [2.45, 2.75) is 0 Å². The van der Waals surface area contributed by atoms with Gasteiger partial charge < -0.3 is 4.57 Å². The number of fused-ring (bicyclic) bond motifs is 11. The molecule has 4 aromatic heterocycles. The monoisotopic (exact) mass is 768 g/mol. The van der Waals surface area contributed by atoms with Gasteiger partial charge >= 0.3 is 0 Å². The maximum atomic E-state index is 14.0. The van der Waals surface area contributed by atoms with Gasteiger partial charge in [0.2, 0.25) is 0 Å². The quantitative estimate of drug-likeness (QED) is 0.164. The molecule has 0 saturated heterocycles. The van der Waals surface area contributed by atoms with Gasteiger partial charge in [0.05, 0.1) is 27.8 Å². The van der Waals surface area contributed by atoms with Gasteiger partial charge in [0.15, 0.2) is 0 Å². The zero-order valence-corrected chi connectivity index (χ0v) is 32.5. The Bertz CT molecular complexity index is 3930. The Hall–Kier alpha value is -7.53. The third-order valence-electron chi connectivity index (χ3n) is 12.5. The first-order chi connectivity index (χ1) is 29.2. The molecule has 13 aromatic rings. The van der Waals surface area contributed by atoms with Crippen molar-refractivity contribution in [2.75, 3.05) is 0 Å². The summed E-state index contributed by atoms with van der Waals surface area (Å²) in [5.41, 5.74) is 12.4. The minimum absolute atomic E-state index is 0.0246. The van der Waals surface area contributed by atoms with E-state index in [-0.39, 0.29) is 5.56 Å². The first kappa shape index (κ1) is 32.5. The van der Waals surface area contributed by atoms with E-state index in [0.717, 1.165) is 76.9 Å². The van der Waals surface area contributed by atoms with Crippen molar-refractivity contribution >= 4 is 91.3 Å². The van der Waals surface area contributed by atoms with Crippen LogP contribution in [0.4, 0.5) is 0 Å². The van der Waals surface area contributed by atoms with Gasteiger partial charge in [0.1, 0.15) is 0 Å². The van der Waals surface area contributed by atoms with E-state index in [9.17, 15) is 4.79 Å². The Morgan fingerprint density at radius 2 is 0.949 bits per heavy atom. The normalized spacial score (nSPS) is 12.1. The van der Waals surface area contributed by atoms with Gasteiger partial charge in [-0.05, 0) is 81.7 Å². The highest BCUT2D eigenvalue weighted by atomic mass is 32.1. The summed E-state index contributed by atoms with van der Waals surface area (Å²) >= 11 is 1.87. The molecule has 0 N–H and O–H groups in total. The third kappa shape index (κ3) is 4.60. The Balaban J connectivity index is 1.04. The van der Waals surface area contributed by atoms with Gasteiger partial charge in [0, 0.05) is 58.1 Å². The topological polar surface area (TPSA) is 26.4 Å². The molecule has 3 nitrogen and oxygen atoms in total. The van der Waals surface area contributed by atoms with Crippen molar-refractivity contribution in [2.24, 2.45) is 0 Å².